The van der Waals surface area contributed by atoms with Crippen LogP contribution in [0.15, 0.2) is 47.2 Å². The predicted octanol–water partition coefficient (Wildman–Crippen LogP) is 5.51. The number of allylic oxidation sites excluding steroid dienone is 2. The standard InChI is InChI=1S/C27H38N2O2/c1-9-14-21(10-2)27-17-26(11-3,22-16-13-12-15-19(22)6)20(7)29(27)24(30)23(18(4)5)28(8)25(27)31/h10,12-13,15-16,20H,9,11,14,17H2,1-8H3. The van der Waals surface area contributed by atoms with E-state index >= 15 is 0 Å². The van der Waals surface area contributed by atoms with E-state index in [9.17, 15) is 9.59 Å². The third-order valence-electron chi connectivity index (χ3n) is 7.77. The Morgan fingerprint density at radius 3 is 2.35 bits per heavy atom. The van der Waals surface area contributed by atoms with Gasteiger partial charge in [0.05, 0.1) is 0 Å². The van der Waals surface area contributed by atoms with Crippen LogP contribution in [0.25, 0.3) is 0 Å². The van der Waals surface area contributed by atoms with Gasteiger partial charge in [0.25, 0.3) is 11.8 Å². The molecule has 3 atom stereocenters. The molecule has 2 fully saturated rings. The van der Waals surface area contributed by atoms with Crippen LogP contribution in [-0.4, -0.2) is 40.2 Å². The molecule has 4 heteroatoms. The van der Waals surface area contributed by atoms with Crippen LogP contribution in [0, 0.1) is 6.92 Å². The molecule has 2 heterocycles. The van der Waals surface area contributed by atoms with Crippen molar-refractivity contribution < 1.29 is 9.59 Å². The number of amides is 2. The highest BCUT2D eigenvalue weighted by Gasteiger charge is 2.67. The Kier molecular flexibility index (Phi) is 6.23. The van der Waals surface area contributed by atoms with Gasteiger partial charge in [-0.25, -0.2) is 0 Å². The van der Waals surface area contributed by atoms with Crippen LogP contribution in [-0.2, 0) is 15.0 Å². The van der Waals surface area contributed by atoms with Crippen LogP contribution in [0.4, 0.5) is 0 Å². The number of aryl methyl sites for hydroxylation is 1. The van der Waals surface area contributed by atoms with Crippen molar-refractivity contribution in [3.63, 3.8) is 0 Å². The van der Waals surface area contributed by atoms with Crippen LogP contribution in [0.5, 0.6) is 0 Å². The molecule has 2 saturated heterocycles. The van der Waals surface area contributed by atoms with Crippen molar-refractivity contribution in [2.24, 2.45) is 0 Å². The molecular formula is C27H38N2O2. The van der Waals surface area contributed by atoms with Gasteiger partial charge < -0.3 is 9.80 Å². The van der Waals surface area contributed by atoms with Gasteiger partial charge in [-0.1, -0.05) is 50.6 Å². The van der Waals surface area contributed by atoms with Crippen LogP contribution in [0.1, 0.15) is 78.4 Å². The number of nitrogens with zero attached hydrogens (tertiary/aromatic N) is 2. The van der Waals surface area contributed by atoms with Crippen LogP contribution >= 0.6 is 0 Å². The Balaban J connectivity index is 2.37. The smallest absolute Gasteiger partial charge is 0.271 e. The fourth-order valence-electron chi connectivity index (χ4n) is 6.31. The second-order valence-electron chi connectivity index (χ2n) is 9.49. The van der Waals surface area contributed by atoms with Gasteiger partial charge >= 0.3 is 0 Å². The molecule has 0 aromatic heterocycles. The lowest BCUT2D eigenvalue weighted by atomic mass is 9.67. The van der Waals surface area contributed by atoms with E-state index in [-0.39, 0.29) is 23.3 Å². The van der Waals surface area contributed by atoms with E-state index in [1.165, 1.54) is 11.1 Å². The van der Waals surface area contributed by atoms with Gasteiger partial charge in [0, 0.05) is 18.5 Å². The van der Waals surface area contributed by atoms with Crippen molar-refractivity contribution >= 4 is 11.8 Å². The number of rotatable bonds is 5. The molecule has 3 unspecified atom stereocenters. The molecule has 0 radical (unpaired) electrons. The summed E-state index contributed by atoms with van der Waals surface area (Å²) in [6, 6.07) is 8.38. The molecule has 0 bridgehead atoms. The fourth-order valence-corrected chi connectivity index (χ4v) is 6.31. The van der Waals surface area contributed by atoms with Crippen molar-refractivity contribution in [3.8, 4) is 0 Å². The lowest BCUT2D eigenvalue weighted by Crippen LogP contribution is -2.66. The Labute approximate surface area is 188 Å². The zero-order valence-electron chi connectivity index (χ0n) is 20.5. The summed E-state index contributed by atoms with van der Waals surface area (Å²) in [7, 11) is 1.77. The Bertz CT molecular complexity index is 956. The maximum atomic E-state index is 14.2. The Morgan fingerprint density at radius 2 is 1.84 bits per heavy atom. The quantitative estimate of drug-likeness (QED) is 0.463. The third-order valence-corrected chi connectivity index (χ3v) is 7.77. The van der Waals surface area contributed by atoms with Crippen LogP contribution in [0.3, 0.4) is 0 Å². The highest BCUT2D eigenvalue weighted by atomic mass is 16.2. The molecule has 0 aliphatic carbocycles. The van der Waals surface area contributed by atoms with Crippen molar-refractivity contribution in [2.75, 3.05) is 7.05 Å². The summed E-state index contributed by atoms with van der Waals surface area (Å²) >= 11 is 0. The Hall–Kier alpha value is -2.36. The first kappa shape index (κ1) is 23.3. The van der Waals surface area contributed by atoms with Gasteiger partial charge in [0.1, 0.15) is 11.2 Å². The van der Waals surface area contributed by atoms with Crippen LogP contribution in [0.2, 0.25) is 0 Å². The first-order valence-corrected chi connectivity index (χ1v) is 11.6. The monoisotopic (exact) mass is 422 g/mol. The summed E-state index contributed by atoms with van der Waals surface area (Å²) in [5, 5.41) is 0. The van der Waals surface area contributed by atoms with Gasteiger partial charge in [-0.3, -0.25) is 9.59 Å². The van der Waals surface area contributed by atoms with E-state index in [0.29, 0.717) is 12.1 Å². The number of carbonyl (C=O) groups excluding carboxylic acids is 2. The van der Waals surface area contributed by atoms with E-state index in [1.807, 2.05) is 25.7 Å². The van der Waals surface area contributed by atoms with E-state index in [1.54, 1.807) is 11.9 Å². The minimum Gasteiger partial charge on any atom is -0.315 e. The number of fused-ring (bicyclic) bond motifs is 1. The number of carbonyl (C=O) groups is 2. The zero-order chi connectivity index (χ0) is 23.1. The summed E-state index contributed by atoms with van der Waals surface area (Å²) in [5.74, 6) is 0.00886. The van der Waals surface area contributed by atoms with Gasteiger partial charge in [0.15, 0.2) is 0 Å². The molecule has 0 N–H and O–H groups in total. The maximum Gasteiger partial charge on any atom is 0.271 e. The predicted molar refractivity (Wildman–Crippen MR) is 127 cm³/mol. The maximum absolute atomic E-state index is 14.2. The molecular weight excluding hydrogens is 384 g/mol. The van der Waals surface area contributed by atoms with Gasteiger partial charge in [-0.2, -0.15) is 0 Å². The SMILES string of the molecule is CC=C(CCC)C12CC(CC)(c3ccccc3C)C(C)N1C(=O)C(=C(C)C)N(C)C2=O. The number of hydrogen-bond acceptors (Lipinski definition) is 2. The number of hydrogen-bond donors (Lipinski definition) is 0. The van der Waals surface area contributed by atoms with E-state index in [0.717, 1.165) is 30.4 Å². The zero-order valence-corrected chi connectivity index (χ0v) is 20.5. The Morgan fingerprint density at radius 1 is 1.19 bits per heavy atom. The van der Waals surface area contributed by atoms with Gasteiger partial charge in [0.2, 0.25) is 0 Å². The first-order valence-electron chi connectivity index (χ1n) is 11.6. The topological polar surface area (TPSA) is 40.6 Å². The molecule has 1 aromatic carbocycles. The number of benzene rings is 1. The average molecular weight is 423 g/mol. The minimum atomic E-state index is -0.923. The average Bonchev–Trinajstić information content (AvgIpc) is 3.01. The summed E-state index contributed by atoms with van der Waals surface area (Å²) in [6.45, 7) is 14.5. The summed E-state index contributed by atoms with van der Waals surface area (Å²) < 4.78 is 0. The molecule has 0 saturated carbocycles. The van der Waals surface area contributed by atoms with Crippen molar-refractivity contribution in [2.45, 2.75) is 91.1 Å². The second-order valence-corrected chi connectivity index (χ2v) is 9.49. The van der Waals surface area contributed by atoms with Crippen molar-refractivity contribution in [3.05, 3.63) is 58.3 Å². The highest BCUT2D eigenvalue weighted by Crippen LogP contribution is 2.57. The summed E-state index contributed by atoms with van der Waals surface area (Å²) in [6.07, 6.45) is 5.33. The highest BCUT2D eigenvalue weighted by molar-refractivity contribution is 6.09. The number of piperazine rings is 1. The lowest BCUT2D eigenvalue weighted by molar-refractivity contribution is -0.155. The molecule has 2 aliphatic rings. The largest absolute Gasteiger partial charge is 0.315 e. The molecule has 168 valence electrons. The minimum absolute atomic E-state index is 0.0195. The normalized spacial score (nSPS) is 29.0. The third kappa shape index (κ3) is 3.09. The molecule has 31 heavy (non-hydrogen) atoms. The van der Waals surface area contributed by atoms with Crippen molar-refractivity contribution in [1.29, 1.82) is 0 Å². The first-order chi connectivity index (χ1) is 14.6. The molecule has 0 spiro atoms. The van der Waals surface area contributed by atoms with Gasteiger partial charge in [-0.15, -0.1) is 0 Å². The molecule has 2 amide bonds. The lowest BCUT2D eigenvalue weighted by Gasteiger charge is -2.48. The van der Waals surface area contributed by atoms with Crippen molar-refractivity contribution in [1.82, 2.24) is 9.80 Å². The number of likely N-dealkylation sites (N-methyl/N-ethyl adjacent to an activating group) is 1. The fraction of sp³-hybridized carbons (Fsp3) is 0.556. The molecule has 2 aliphatic heterocycles. The second kappa shape index (κ2) is 8.29. The summed E-state index contributed by atoms with van der Waals surface area (Å²) in [4.78, 5) is 31.8. The van der Waals surface area contributed by atoms with E-state index in [4.69, 9.17) is 0 Å². The van der Waals surface area contributed by atoms with E-state index in [2.05, 4.69) is 58.0 Å². The molecule has 1 aromatic rings. The van der Waals surface area contributed by atoms with E-state index < -0.39 is 5.54 Å². The summed E-state index contributed by atoms with van der Waals surface area (Å²) in [5.41, 5.74) is 3.75. The van der Waals surface area contributed by atoms with Crippen LogP contribution < -0.4 is 0 Å². The molecule has 4 nitrogen and oxygen atoms in total. The molecule has 3 rings (SSSR count). The van der Waals surface area contributed by atoms with Gasteiger partial charge in [-0.05, 0) is 76.2 Å².